The number of methoxy groups -OCH3 is 1. The third kappa shape index (κ3) is 11.3. The third-order valence-corrected chi connectivity index (χ3v) is 4.17. The molecule has 3 heteroatoms. The number of pyridine rings is 1. The van der Waals surface area contributed by atoms with E-state index in [0.29, 0.717) is 6.61 Å². The van der Waals surface area contributed by atoms with Crippen molar-refractivity contribution in [2.24, 2.45) is 0 Å². The van der Waals surface area contributed by atoms with Crippen molar-refractivity contribution >= 4 is 0 Å². The van der Waals surface area contributed by atoms with Crippen LogP contribution in [0.25, 0.3) is 0 Å². The number of hydrogen-bond acceptors (Lipinski definition) is 3. The average Bonchev–Trinajstić information content (AvgIpc) is 2.56. The van der Waals surface area contributed by atoms with E-state index in [1.165, 1.54) is 64.2 Å². The monoisotopic (exact) mass is 320 g/mol. The van der Waals surface area contributed by atoms with Crippen LogP contribution in [0, 0.1) is 0 Å². The molecule has 0 aliphatic rings. The topological polar surface area (TPSA) is 34.1 Å². The first-order chi connectivity index (χ1) is 11.4. The predicted molar refractivity (Wildman–Crippen MR) is 98.5 cm³/mol. The van der Waals surface area contributed by atoms with E-state index in [9.17, 15) is 0 Å². The first-order valence-electron chi connectivity index (χ1n) is 9.51. The Morgan fingerprint density at radius 1 is 0.870 bits per heavy atom. The summed E-state index contributed by atoms with van der Waals surface area (Å²) in [6.45, 7) is 4.81. The van der Waals surface area contributed by atoms with Crippen molar-refractivity contribution in [1.82, 2.24) is 10.3 Å². The molecule has 0 aliphatic carbocycles. The molecule has 0 unspecified atom stereocenters. The molecule has 132 valence electrons. The summed E-state index contributed by atoms with van der Waals surface area (Å²) in [7, 11) is 1.71. The Labute approximate surface area is 143 Å². The summed E-state index contributed by atoms with van der Waals surface area (Å²) >= 11 is 0. The van der Waals surface area contributed by atoms with Gasteiger partial charge >= 0.3 is 0 Å². The van der Waals surface area contributed by atoms with E-state index < -0.39 is 0 Å². The summed E-state index contributed by atoms with van der Waals surface area (Å²) < 4.78 is 5.12. The molecule has 1 N–H and O–H groups in total. The SMILES string of the molecule is CCCCCCCCCCCCNCc1cccc(COC)n1. The maximum absolute atomic E-state index is 5.12. The molecule has 0 aliphatic heterocycles. The number of hydrogen-bond donors (Lipinski definition) is 1. The smallest absolute Gasteiger partial charge is 0.0884 e. The molecule has 1 aromatic heterocycles. The molecule has 1 rings (SSSR count). The van der Waals surface area contributed by atoms with Crippen molar-refractivity contribution in [1.29, 1.82) is 0 Å². The summed E-state index contributed by atoms with van der Waals surface area (Å²) in [6.07, 6.45) is 13.9. The van der Waals surface area contributed by atoms with Crippen molar-refractivity contribution in [3.63, 3.8) is 0 Å². The lowest BCUT2D eigenvalue weighted by Crippen LogP contribution is -2.16. The van der Waals surface area contributed by atoms with E-state index in [2.05, 4.69) is 29.4 Å². The van der Waals surface area contributed by atoms with Gasteiger partial charge < -0.3 is 10.1 Å². The summed E-state index contributed by atoms with van der Waals surface area (Å²) in [5, 5.41) is 3.49. The van der Waals surface area contributed by atoms with Crippen molar-refractivity contribution in [3.05, 3.63) is 29.6 Å². The van der Waals surface area contributed by atoms with Gasteiger partial charge in [0.2, 0.25) is 0 Å². The number of rotatable bonds is 15. The molecule has 3 nitrogen and oxygen atoms in total. The average molecular weight is 321 g/mol. The molecular weight excluding hydrogens is 284 g/mol. The van der Waals surface area contributed by atoms with Gasteiger partial charge in [-0.2, -0.15) is 0 Å². The van der Waals surface area contributed by atoms with Crippen LogP contribution in [0.5, 0.6) is 0 Å². The Morgan fingerprint density at radius 3 is 2.13 bits per heavy atom. The molecule has 0 saturated heterocycles. The van der Waals surface area contributed by atoms with Gasteiger partial charge in [0, 0.05) is 13.7 Å². The van der Waals surface area contributed by atoms with Gasteiger partial charge in [0.05, 0.1) is 18.0 Å². The normalized spacial score (nSPS) is 11.0. The Hall–Kier alpha value is -0.930. The van der Waals surface area contributed by atoms with Gasteiger partial charge in [0.1, 0.15) is 0 Å². The van der Waals surface area contributed by atoms with Gasteiger partial charge in [-0.1, -0.05) is 70.8 Å². The second kappa shape index (κ2) is 14.6. The Kier molecular flexibility index (Phi) is 12.8. The highest BCUT2D eigenvalue weighted by atomic mass is 16.5. The van der Waals surface area contributed by atoms with Crippen molar-refractivity contribution in [2.45, 2.75) is 84.3 Å². The van der Waals surface area contributed by atoms with E-state index in [4.69, 9.17) is 4.74 Å². The third-order valence-electron chi connectivity index (χ3n) is 4.17. The van der Waals surface area contributed by atoms with Gasteiger partial charge in [-0.25, -0.2) is 0 Å². The lowest BCUT2D eigenvalue weighted by atomic mass is 10.1. The van der Waals surface area contributed by atoms with Crippen LogP contribution < -0.4 is 5.32 Å². The quantitative estimate of drug-likeness (QED) is 0.449. The van der Waals surface area contributed by atoms with E-state index in [-0.39, 0.29) is 0 Å². The lowest BCUT2D eigenvalue weighted by Gasteiger charge is -2.06. The molecule has 0 radical (unpaired) electrons. The zero-order valence-corrected chi connectivity index (χ0v) is 15.3. The van der Waals surface area contributed by atoms with Crippen LogP contribution in [0.3, 0.4) is 0 Å². The largest absolute Gasteiger partial charge is 0.378 e. The minimum absolute atomic E-state index is 0.590. The number of nitrogens with zero attached hydrogens (tertiary/aromatic N) is 1. The maximum Gasteiger partial charge on any atom is 0.0884 e. The molecule has 1 aromatic rings. The molecule has 0 aromatic carbocycles. The maximum atomic E-state index is 5.12. The fourth-order valence-electron chi connectivity index (χ4n) is 2.81. The summed E-state index contributed by atoms with van der Waals surface area (Å²) in [6, 6.07) is 6.14. The summed E-state index contributed by atoms with van der Waals surface area (Å²) in [4.78, 5) is 4.56. The van der Waals surface area contributed by atoms with Gasteiger partial charge in [-0.05, 0) is 25.1 Å². The molecule has 0 saturated carbocycles. The van der Waals surface area contributed by atoms with Crippen molar-refractivity contribution < 1.29 is 4.74 Å². The number of nitrogens with one attached hydrogen (secondary N) is 1. The highest BCUT2D eigenvalue weighted by molar-refractivity contribution is 5.10. The van der Waals surface area contributed by atoms with E-state index in [1.807, 2.05) is 6.07 Å². The fourth-order valence-corrected chi connectivity index (χ4v) is 2.81. The molecule has 0 spiro atoms. The van der Waals surface area contributed by atoms with Crippen LogP contribution in [0.15, 0.2) is 18.2 Å². The van der Waals surface area contributed by atoms with Crippen LogP contribution in [0.4, 0.5) is 0 Å². The number of ether oxygens (including phenoxy) is 1. The van der Waals surface area contributed by atoms with E-state index in [0.717, 1.165) is 24.5 Å². The molecule has 0 bridgehead atoms. The second-order valence-electron chi connectivity index (χ2n) is 6.41. The minimum atomic E-state index is 0.590. The molecule has 0 atom stereocenters. The minimum Gasteiger partial charge on any atom is -0.378 e. The van der Waals surface area contributed by atoms with Gasteiger partial charge in [0.25, 0.3) is 0 Å². The Morgan fingerprint density at radius 2 is 1.48 bits per heavy atom. The molecule has 1 heterocycles. The molecular formula is C20H36N2O. The highest BCUT2D eigenvalue weighted by Gasteiger charge is 1.98. The Bertz CT molecular complexity index is 382. The number of aromatic nitrogens is 1. The van der Waals surface area contributed by atoms with E-state index in [1.54, 1.807) is 7.11 Å². The zero-order chi connectivity index (χ0) is 16.6. The van der Waals surface area contributed by atoms with Crippen molar-refractivity contribution in [2.75, 3.05) is 13.7 Å². The van der Waals surface area contributed by atoms with Gasteiger partial charge in [-0.3, -0.25) is 4.98 Å². The van der Waals surface area contributed by atoms with Crippen LogP contribution in [-0.2, 0) is 17.9 Å². The second-order valence-corrected chi connectivity index (χ2v) is 6.41. The molecule has 23 heavy (non-hydrogen) atoms. The predicted octanol–water partition coefficient (Wildman–Crippen LogP) is 5.24. The highest BCUT2D eigenvalue weighted by Crippen LogP contribution is 2.10. The summed E-state index contributed by atoms with van der Waals surface area (Å²) in [5.41, 5.74) is 2.11. The van der Waals surface area contributed by atoms with Crippen LogP contribution in [0.1, 0.15) is 82.5 Å². The van der Waals surface area contributed by atoms with Crippen LogP contribution in [0.2, 0.25) is 0 Å². The molecule has 0 fully saturated rings. The first kappa shape index (κ1) is 20.1. The lowest BCUT2D eigenvalue weighted by molar-refractivity contribution is 0.181. The Balaban J connectivity index is 1.90. The van der Waals surface area contributed by atoms with Crippen LogP contribution >= 0.6 is 0 Å². The molecule has 0 amide bonds. The zero-order valence-electron chi connectivity index (χ0n) is 15.3. The number of unbranched alkanes of at least 4 members (excludes halogenated alkanes) is 9. The summed E-state index contributed by atoms with van der Waals surface area (Å²) in [5.74, 6) is 0. The van der Waals surface area contributed by atoms with Gasteiger partial charge in [-0.15, -0.1) is 0 Å². The standard InChI is InChI=1S/C20H36N2O/c1-3-4-5-6-7-8-9-10-11-12-16-21-17-19-14-13-15-20(22-19)18-23-2/h13-15,21H,3-12,16-18H2,1-2H3. The fraction of sp³-hybridized carbons (Fsp3) is 0.750. The van der Waals surface area contributed by atoms with E-state index >= 15 is 0 Å². The first-order valence-corrected chi connectivity index (χ1v) is 9.51. The van der Waals surface area contributed by atoms with Crippen molar-refractivity contribution in [3.8, 4) is 0 Å². The van der Waals surface area contributed by atoms with Crippen LogP contribution in [-0.4, -0.2) is 18.6 Å². The van der Waals surface area contributed by atoms with Gasteiger partial charge in [0.15, 0.2) is 0 Å².